The molecule has 2 rings (SSSR count). The monoisotopic (exact) mass is 295 g/mol. The van der Waals surface area contributed by atoms with Crippen molar-refractivity contribution in [2.75, 3.05) is 12.8 Å². The van der Waals surface area contributed by atoms with E-state index >= 15 is 0 Å². The maximum absolute atomic E-state index is 11.4. The van der Waals surface area contributed by atoms with Crippen LogP contribution in [0.15, 0.2) is 35.4 Å². The fourth-order valence-electron chi connectivity index (χ4n) is 1.61. The summed E-state index contributed by atoms with van der Waals surface area (Å²) in [6, 6.07) is 5.50. The van der Waals surface area contributed by atoms with E-state index in [1.54, 1.807) is 0 Å². The predicted molar refractivity (Wildman–Crippen MR) is 72.7 cm³/mol. The quantitative estimate of drug-likeness (QED) is 0.654. The molecule has 5 N–H and O–H groups in total. The molecule has 0 radical (unpaired) electrons. The van der Waals surface area contributed by atoms with Crippen molar-refractivity contribution in [3.05, 3.63) is 36.2 Å². The number of aromatic nitrogens is 2. The Morgan fingerprint density at radius 2 is 2.05 bits per heavy atom. The molecule has 106 valence electrons. The van der Waals surface area contributed by atoms with Gasteiger partial charge < -0.3 is 11.1 Å². The molecule has 0 saturated heterocycles. The van der Waals surface area contributed by atoms with Gasteiger partial charge in [-0.2, -0.15) is 5.10 Å². The van der Waals surface area contributed by atoms with Crippen molar-refractivity contribution in [3.63, 3.8) is 0 Å². The van der Waals surface area contributed by atoms with Crippen LogP contribution >= 0.6 is 0 Å². The summed E-state index contributed by atoms with van der Waals surface area (Å²) in [4.78, 5) is 11.4. The van der Waals surface area contributed by atoms with E-state index in [-0.39, 0.29) is 16.5 Å². The number of hydrogen-bond acceptors (Lipinski definition) is 5. The second-order valence-corrected chi connectivity index (χ2v) is 5.55. The third-order valence-electron chi connectivity index (χ3n) is 2.63. The second kappa shape index (κ2) is 4.94. The van der Waals surface area contributed by atoms with Gasteiger partial charge in [-0.05, 0) is 24.3 Å². The molecule has 0 aliphatic heterocycles. The first-order valence-corrected chi connectivity index (χ1v) is 7.08. The summed E-state index contributed by atoms with van der Waals surface area (Å²) < 4.78 is 24.0. The second-order valence-electron chi connectivity index (χ2n) is 3.99. The highest BCUT2D eigenvalue weighted by atomic mass is 32.2. The summed E-state index contributed by atoms with van der Waals surface area (Å²) >= 11 is 0. The molecule has 0 atom stereocenters. The lowest BCUT2D eigenvalue weighted by molar-refractivity contribution is 0.0957. The molecule has 1 aromatic carbocycles. The Hall–Kier alpha value is -2.39. The number of anilines is 1. The minimum atomic E-state index is -3.84. The predicted octanol–water partition coefficient (Wildman–Crippen LogP) is -0.538. The number of benzene rings is 1. The van der Waals surface area contributed by atoms with Gasteiger partial charge in [0.25, 0.3) is 5.91 Å². The summed E-state index contributed by atoms with van der Waals surface area (Å²) in [5, 5.41) is 11.5. The van der Waals surface area contributed by atoms with Gasteiger partial charge in [0.15, 0.2) is 5.69 Å². The van der Waals surface area contributed by atoms with Crippen LogP contribution in [0.1, 0.15) is 10.5 Å². The van der Waals surface area contributed by atoms with Crippen molar-refractivity contribution >= 4 is 21.6 Å². The molecule has 0 fully saturated rings. The molecule has 0 unspecified atom stereocenters. The van der Waals surface area contributed by atoms with Crippen LogP contribution in [0.4, 0.5) is 5.69 Å². The SMILES string of the molecule is CNC(=O)c1ccn(-c2cc(S(N)(=O)=O)ccc2N)n1. The maximum atomic E-state index is 11.4. The van der Waals surface area contributed by atoms with E-state index in [0.29, 0.717) is 11.4 Å². The summed E-state index contributed by atoms with van der Waals surface area (Å²) in [5.41, 5.74) is 6.61. The molecule has 1 amide bonds. The van der Waals surface area contributed by atoms with Crippen LogP contribution in [0, 0.1) is 0 Å². The Bertz CT molecular complexity index is 766. The lowest BCUT2D eigenvalue weighted by atomic mass is 10.3. The Morgan fingerprint density at radius 3 is 2.65 bits per heavy atom. The van der Waals surface area contributed by atoms with Gasteiger partial charge in [-0.15, -0.1) is 0 Å². The standard InChI is InChI=1S/C11H13N5O3S/c1-14-11(17)9-4-5-16(15-9)10-6-7(20(13,18)19)2-3-8(10)12/h2-6H,12H2,1H3,(H,14,17)(H2,13,18,19). The third kappa shape index (κ3) is 2.63. The van der Waals surface area contributed by atoms with Crippen LogP contribution in [0.25, 0.3) is 5.69 Å². The van der Waals surface area contributed by atoms with E-state index in [0.717, 1.165) is 0 Å². The van der Waals surface area contributed by atoms with Crippen molar-refractivity contribution in [1.82, 2.24) is 15.1 Å². The van der Waals surface area contributed by atoms with Gasteiger partial charge >= 0.3 is 0 Å². The normalized spacial score (nSPS) is 11.3. The third-order valence-corrected chi connectivity index (χ3v) is 3.54. The summed E-state index contributed by atoms with van der Waals surface area (Å²) in [6.45, 7) is 0. The molecule has 1 heterocycles. The molecular formula is C11H13N5O3S. The van der Waals surface area contributed by atoms with Crippen molar-refractivity contribution in [2.45, 2.75) is 4.90 Å². The molecule has 0 saturated carbocycles. The summed E-state index contributed by atoms with van der Waals surface area (Å²) in [5.74, 6) is -0.357. The number of nitrogen functional groups attached to an aromatic ring is 1. The fraction of sp³-hybridized carbons (Fsp3) is 0.0909. The van der Waals surface area contributed by atoms with Crippen molar-refractivity contribution in [3.8, 4) is 5.69 Å². The molecule has 0 spiro atoms. The number of hydrogen-bond donors (Lipinski definition) is 3. The Labute approximate surface area is 115 Å². The van der Waals surface area contributed by atoms with Crippen LogP contribution in [0.2, 0.25) is 0 Å². The van der Waals surface area contributed by atoms with Crippen LogP contribution in [0.3, 0.4) is 0 Å². The molecular weight excluding hydrogens is 282 g/mol. The number of carbonyl (C=O) groups excluding carboxylic acids is 1. The summed E-state index contributed by atoms with van der Waals surface area (Å²) in [6.07, 6.45) is 1.50. The lowest BCUT2D eigenvalue weighted by Gasteiger charge is -2.07. The number of nitrogens with one attached hydrogen (secondary N) is 1. The van der Waals surface area contributed by atoms with Crippen molar-refractivity contribution < 1.29 is 13.2 Å². The first-order valence-electron chi connectivity index (χ1n) is 5.53. The van der Waals surface area contributed by atoms with Crippen LogP contribution < -0.4 is 16.2 Å². The maximum Gasteiger partial charge on any atom is 0.271 e. The molecule has 0 aliphatic rings. The van der Waals surface area contributed by atoms with E-state index < -0.39 is 10.0 Å². The van der Waals surface area contributed by atoms with Gasteiger partial charge in [0.2, 0.25) is 10.0 Å². The highest BCUT2D eigenvalue weighted by molar-refractivity contribution is 7.89. The zero-order valence-corrected chi connectivity index (χ0v) is 11.4. The van der Waals surface area contributed by atoms with E-state index in [1.807, 2.05) is 0 Å². The first-order chi connectivity index (χ1) is 9.32. The number of primary sulfonamides is 1. The number of carbonyl (C=O) groups is 1. The van der Waals surface area contributed by atoms with Crippen LogP contribution in [0.5, 0.6) is 0 Å². The number of rotatable bonds is 3. The molecule has 1 aromatic heterocycles. The molecule has 0 bridgehead atoms. The van der Waals surface area contributed by atoms with Gasteiger partial charge in [-0.25, -0.2) is 18.2 Å². The van der Waals surface area contributed by atoms with Gasteiger partial charge in [-0.1, -0.05) is 0 Å². The van der Waals surface area contributed by atoms with Crippen LogP contribution in [-0.4, -0.2) is 31.2 Å². The fourth-order valence-corrected chi connectivity index (χ4v) is 2.14. The number of amides is 1. The molecule has 20 heavy (non-hydrogen) atoms. The van der Waals surface area contributed by atoms with Gasteiger partial charge in [0.1, 0.15) is 0 Å². The Kier molecular flexibility index (Phi) is 3.47. The molecule has 0 aliphatic carbocycles. The van der Waals surface area contributed by atoms with E-state index in [9.17, 15) is 13.2 Å². The lowest BCUT2D eigenvalue weighted by Crippen LogP contribution is -2.18. The summed E-state index contributed by atoms with van der Waals surface area (Å²) in [7, 11) is -2.36. The van der Waals surface area contributed by atoms with Crippen LogP contribution in [-0.2, 0) is 10.0 Å². The average molecular weight is 295 g/mol. The number of sulfonamides is 1. The number of nitrogens with two attached hydrogens (primary N) is 2. The van der Waals surface area contributed by atoms with E-state index in [4.69, 9.17) is 10.9 Å². The minimum Gasteiger partial charge on any atom is -0.397 e. The van der Waals surface area contributed by atoms with Gasteiger partial charge in [0, 0.05) is 13.2 Å². The minimum absolute atomic E-state index is 0.0845. The number of nitrogens with zero attached hydrogens (tertiary/aromatic N) is 2. The van der Waals surface area contributed by atoms with Crippen molar-refractivity contribution in [1.29, 1.82) is 0 Å². The van der Waals surface area contributed by atoms with Crippen molar-refractivity contribution in [2.24, 2.45) is 5.14 Å². The van der Waals surface area contributed by atoms with E-state index in [2.05, 4.69) is 10.4 Å². The zero-order valence-electron chi connectivity index (χ0n) is 10.6. The van der Waals surface area contributed by atoms with Gasteiger partial charge in [-0.3, -0.25) is 4.79 Å². The Balaban J connectivity index is 2.52. The van der Waals surface area contributed by atoms with Gasteiger partial charge in [0.05, 0.1) is 16.3 Å². The average Bonchev–Trinajstić information content (AvgIpc) is 2.86. The smallest absolute Gasteiger partial charge is 0.271 e. The van der Waals surface area contributed by atoms with E-state index in [1.165, 1.54) is 42.2 Å². The molecule has 8 nitrogen and oxygen atoms in total. The topological polar surface area (TPSA) is 133 Å². The highest BCUT2D eigenvalue weighted by Crippen LogP contribution is 2.20. The highest BCUT2D eigenvalue weighted by Gasteiger charge is 2.13. The molecule has 2 aromatic rings. The Morgan fingerprint density at radius 1 is 1.35 bits per heavy atom. The molecule has 9 heteroatoms. The zero-order chi connectivity index (χ0) is 14.9. The largest absolute Gasteiger partial charge is 0.397 e. The first kappa shape index (κ1) is 14.0.